The van der Waals surface area contributed by atoms with E-state index in [-0.39, 0.29) is 11.8 Å². The van der Waals surface area contributed by atoms with Crippen molar-refractivity contribution in [2.24, 2.45) is 11.7 Å². The molecule has 5 nitrogen and oxygen atoms in total. The monoisotopic (exact) mass is 174 g/mol. The smallest absolute Gasteiger partial charge is 0.221 e. The van der Waals surface area contributed by atoms with Crippen molar-refractivity contribution in [3.8, 4) is 0 Å². The molecule has 0 bridgehead atoms. The third kappa shape index (κ3) is 2.44. The third-order valence-corrected chi connectivity index (χ3v) is 1.83. The zero-order valence-corrected chi connectivity index (χ0v) is 7.06. The van der Waals surface area contributed by atoms with Crippen LogP contribution >= 0.6 is 0 Å². The molecule has 0 aromatic carbocycles. The minimum absolute atomic E-state index is 0.240. The molecule has 1 saturated heterocycles. The van der Waals surface area contributed by atoms with Crippen LogP contribution in [0.2, 0.25) is 0 Å². The Labute approximate surface area is 71.0 Å². The SMILES string of the molecule is CC(CN1C[C@H](O)CO1)C(N)=O. The highest BCUT2D eigenvalue weighted by Gasteiger charge is 2.24. The molecule has 1 unspecified atom stereocenters. The van der Waals surface area contributed by atoms with E-state index in [0.717, 1.165) is 0 Å². The zero-order chi connectivity index (χ0) is 9.14. The van der Waals surface area contributed by atoms with Gasteiger partial charge in [-0.05, 0) is 0 Å². The van der Waals surface area contributed by atoms with E-state index in [1.54, 1.807) is 12.0 Å². The maximum Gasteiger partial charge on any atom is 0.221 e. The largest absolute Gasteiger partial charge is 0.389 e. The molecule has 0 aliphatic carbocycles. The van der Waals surface area contributed by atoms with Gasteiger partial charge in [-0.1, -0.05) is 6.92 Å². The molecule has 3 N–H and O–H groups in total. The van der Waals surface area contributed by atoms with Crippen molar-refractivity contribution in [2.75, 3.05) is 19.7 Å². The number of rotatable bonds is 3. The summed E-state index contributed by atoms with van der Waals surface area (Å²) in [7, 11) is 0. The second-order valence-corrected chi connectivity index (χ2v) is 3.10. The van der Waals surface area contributed by atoms with E-state index in [2.05, 4.69) is 0 Å². The van der Waals surface area contributed by atoms with Crippen LogP contribution in [-0.2, 0) is 9.63 Å². The molecule has 1 aliphatic rings. The van der Waals surface area contributed by atoms with Gasteiger partial charge in [-0.2, -0.15) is 5.06 Å². The number of hydrogen-bond acceptors (Lipinski definition) is 4. The summed E-state index contributed by atoms with van der Waals surface area (Å²) in [4.78, 5) is 15.7. The van der Waals surface area contributed by atoms with Gasteiger partial charge in [-0.15, -0.1) is 0 Å². The predicted molar refractivity (Wildman–Crippen MR) is 41.9 cm³/mol. The lowest BCUT2D eigenvalue weighted by atomic mass is 10.2. The molecule has 2 atom stereocenters. The van der Waals surface area contributed by atoms with Gasteiger partial charge in [-0.25, -0.2) is 0 Å². The molecule has 0 radical (unpaired) electrons. The van der Waals surface area contributed by atoms with E-state index in [9.17, 15) is 4.79 Å². The van der Waals surface area contributed by atoms with Crippen molar-refractivity contribution in [2.45, 2.75) is 13.0 Å². The molecular formula is C7H14N2O3. The molecule has 0 spiro atoms. The first-order chi connectivity index (χ1) is 5.59. The molecule has 1 rings (SSSR count). The van der Waals surface area contributed by atoms with Gasteiger partial charge in [0.2, 0.25) is 5.91 Å². The molecule has 1 heterocycles. The van der Waals surface area contributed by atoms with Crippen molar-refractivity contribution in [3.63, 3.8) is 0 Å². The van der Waals surface area contributed by atoms with Crippen LogP contribution in [0.5, 0.6) is 0 Å². The second-order valence-electron chi connectivity index (χ2n) is 3.10. The van der Waals surface area contributed by atoms with Gasteiger partial charge in [0.15, 0.2) is 0 Å². The fraction of sp³-hybridized carbons (Fsp3) is 0.857. The third-order valence-electron chi connectivity index (χ3n) is 1.83. The Hall–Kier alpha value is -0.650. The van der Waals surface area contributed by atoms with Crippen LogP contribution in [0.15, 0.2) is 0 Å². The average Bonchev–Trinajstić information content (AvgIpc) is 2.35. The van der Waals surface area contributed by atoms with E-state index < -0.39 is 6.10 Å². The Morgan fingerprint density at radius 1 is 1.92 bits per heavy atom. The number of amides is 1. The highest BCUT2D eigenvalue weighted by molar-refractivity contribution is 5.76. The van der Waals surface area contributed by atoms with E-state index in [4.69, 9.17) is 15.7 Å². The van der Waals surface area contributed by atoms with Crippen molar-refractivity contribution in [1.29, 1.82) is 0 Å². The lowest BCUT2D eigenvalue weighted by molar-refractivity contribution is -0.135. The number of hydrogen-bond donors (Lipinski definition) is 2. The Bertz CT molecular complexity index is 174. The Kier molecular flexibility index (Phi) is 3.02. The molecule has 12 heavy (non-hydrogen) atoms. The fourth-order valence-electron chi connectivity index (χ4n) is 1.05. The van der Waals surface area contributed by atoms with Gasteiger partial charge in [-0.3, -0.25) is 9.63 Å². The number of nitrogens with two attached hydrogens (primary N) is 1. The first kappa shape index (κ1) is 9.44. The molecule has 70 valence electrons. The van der Waals surface area contributed by atoms with Crippen molar-refractivity contribution in [3.05, 3.63) is 0 Å². The normalized spacial score (nSPS) is 27.3. The number of aliphatic hydroxyl groups excluding tert-OH is 1. The van der Waals surface area contributed by atoms with E-state index in [0.29, 0.717) is 19.7 Å². The van der Waals surface area contributed by atoms with Gasteiger partial charge in [0.05, 0.1) is 19.3 Å². The summed E-state index contributed by atoms with van der Waals surface area (Å²) in [5, 5.41) is 10.6. The summed E-state index contributed by atoms with van der Waals surface area (Å²) in [5.74, 6) is -0.588. The van der Waals surface area contributed by atoms with Gasteiger partial charge in [0.25, 0.3) is 0 Å². The minimum Gasteiger partial charge on any atom is -0.389 e. The summed E-state index contributed by atoms with van der Waals surface area (Å²) >= 11 is 0. The van der Waals surface area contributed by atoms with Gasteiger partial charge in [0.1, 0.15) is 0 Å². The molecular weight excluding hydrogens is 160 g/mol. The van der Waals surface area contributed by atoms with E-state index >= 15 is 0 Å². The highest BCUT2D eigenvalue weighted by Crippen LogP contribution is 2.08. The first-order valence-corrected chi connectivity index (χ1v) is 3.95. The van der Waals surface area contributed by atoms with Gasteiger partial charge >= 0.3 is 0 Å². The summed E-state index contributed by atoms with van der Waals surface area (Å²) in [5.41, 5.74) is 5.07. The van der Waals surface area contributed by atoms with Crippen LogP contribution < -0.4 is 5.73 Å². The number of aliphatic hydroxyl groups is 1. The maximum absolute atomic E-state index is 10.6. The van der Waals surface area contributed by atoms with E-state index in [1.165, 1.54) is 0 Å². The van der Waals surface area contributed by atoms with Crippen LogP contribution in [0, 0.1) is 5.92 Å². The van der Waals surface area contributed by atoms with Crippen LogP contribution in [0.1, 0.15) is 6.92 Å². The van der Waals surface area contributed by atoms with Crippen LogP contribution in [0.25, 0.3) is 0 Å². The fourth-order valence-corrected chi connectivity index (χ4v) is 1.05. The van der Waals surface area contributed by atoms with Crippen molar-refractivity contribution in [1.82, 2.24) is 5.06 Å². The summed E-state index contributed by atoms with van der Waals surface area (Å²) < 4.78 is 0. The standard InChI is InChI=1S/C7H14N2O3/c1-5(7(8)11)2-9-3-6(10)4-12-9/h5-6,10H,2-4H2,1H3,(H2,8,11)/t5?,6-/m0/s1. The van der Waals surface area contributed by atoms with Gasteiger partial charge in [0, 0.05) is 12.5 Å². The first-order valence-electron chi connectivity index (χ1n) is 3.95. The maximum atomic E-state index is 10.6. The molecule has 0 saturated carbocycles. The average molecular weight is 174 g/mol. The number of nitrogens with zero attached hydrogens (tertiary/aromatic N) is 1. The lowest BCUT2D eigenvalue weighted by Crippen LogP contribution is -2.33. The molecule has 0 aromatic heterocycles. The summed E-state index contributed by atoms with van der Waals surface area (Å²) in [6, 6.07) is 0. The second kappa shape index (κ2) is 3.84. The van der Waals surface area contributed by atoms with E-state index in [1.807, 2.05) is 0 Å². The zero-order valence-electron chi connectivity index (χ0n) is 7.06. The van der Waals surface area contributed by atoms with Crippen molar-refractivity contribution < 1.29 is 14.7 Å². The Balaban J connectivity index is 2.27. The van der Waals surface area contributed by atoms with Gasteiger partial charge < -0.3 is 10.8 Å². The minimum atomic E-state index is -0.440. The lowest BCUT2D eigenvalue weighted by Gasteiger charge is -2.16. The van der Waals surface area contributed by atoms with Crippen molar-refractivity contribution >= 4 is 5.91 Å². The number of carbonyl (C=O) groups excluding carboxylic acids is 1. The Morgan fingerprint density at radius 2 is 2.58 bits per heavy atom. The molecule has 1 fully saturated rings. The quantitative estimate of drug-likeness (QED) is 0.558. The topological polar surface area (TPSA) is 75.8 Å². The predicted octanol–water partition coefficient (Wildman–Crippen LogP) is -1.28. The molecule has 0 aromatic rings. The number of hydroxylamine groups is 2. The molecule has 5 heteroatoms. The highest BCUT2D eigenvalue weighted by atomic mass is 16.7. The number of primary amides is 1. The summed E-state index contributed by atoms with van der Waals surface area (Å²) in [6.45, 7) is 2.95. The van der Waals surface area contributed by atoms with Crippen LogP contribution in [0.4, 0.5) is 0 Å². The number of carbonyl (C=O) groups is 1. The molecule has 1 aliphatic heterocycles. The summed E-state index contributed by atoms with van der Waals surface area (Å²) in [6.07, 6.45) is -0.440. The molecule has 1 amide bonds. The van der Waals surface area contributed by atoms with Crippen LogP contribution in [-0.4, -0.2) is 41.9 Å². The number of β-amino-alcohol motifs (C(OH)–C–C–N with tert-alkyl or cyclic N) is 1. The Morgan fingerprint density at radius 3 is 3.00 bits per heavy atom. The van der Waals surface area contributed by atoms with Crippen LogP contribution in [0.3, 0.4) is 0 Å².